The molecule has 6 heteroatoms. The third-order valence-corrected chi connectivity index (χ3v) is 7.24. The van der Waals surface area contributed by atoms with E-state index in [0.29, 0.717) is 18.4 Å². The fourth-order valence-electron chi connectivity index (χ4n) is 4.03. The molecule has 1 amide bonds. The number of carbonyl (C=O) groups is 1. The lowest BCUT2D eigenvalue weighted by atomic mass is 9.92. The average Bonchev–Trinajstić information content (AvgIpc) is 3.06. The molecule has 0 unspecified atom stereocenters. The van der Waals surface area contributed by atoms with Crippen molar-refractivity contribution in [1.82, 2.24) is 4.90 Å². The smallest absolute Gasteiger partial charge is 0.227 e. The quantitative estimate of drug-likeness (QED) is 0.789. The number of thioether (sulfide) groups is 1. The Morgan fingerprint density at radius 1 is 1.27 bits per heavy atom. The first-order valence-electron chi connectivity index (χ1n) is 9.47. The molecule has 0 aliphatic carbocycles. The van der Waals surface area contributed by atoms with Gasteiger partial charge in [-0.05, 0) is 42.9 Å². The number of amides is 1. The van der Waals surface area contributed by atoms with Crippen LogP contribution >= 0.6 is 11.8 Å². The first-order chi connectivity index (χ1) is 12.6. The van der Waals surface area contributed by atoms with E-state index in [1.165, 1.54) is 12.1 Å². The summed E-state index contributed by atoms with van der Waals surface area (Å²) in [6.45, 7) is 4.20. The van der Waals surface area contributed by atoms with Crippen LogP contribution in [0.25, 0.3) is 0 Å². The van der Waals surface area contributed by atoms with Gasteiger partial charge in [0, 0.05) is 38.7 Å². The number of carbonyl (C=O) groups excluding carboxylic acids is 1. The zero-order chi connectivity index (χ0) is 18.0. The second-order valence-corrected chi connectivity index (χ2v) is 9.25. The Morgan fingerprint density at radius 2 is 2.00 bits per heavy atom. The van der Waals surface area contributed by atoms with Gasteiger partial charge in [-0.3, -0.25) is 4.79 Å². The topological polar surface area (TPSA) is 38.8 Å². The maximum absolute atomic E-state index is 13.0. The van der Waals surface area contributed by atoms with E-state index < -0.39 is 0 Å². The lowest BCUT2D eigenvalue weighted by Gasteiger charge is -2.47. The number of nitrogens with zero attached hydrogens (tertiary/aromatic N) is 1. The highest BCUT2D eigenvalue weighted by atomic mass is 32.2. The molecule has 3 aliphatic heterocycles. The third-order valence-electron chi connectivity index (χ3n) is 5.66. The van der Waals surface area contributed by atoms with Crippen LogP contribution in [0.15, 0.2) is 24.3 Å². The summed E-state index contributed by atoms with van der Waals surface area (Å²) >= 11 is 1.96. The molecule has 3 fully saturated rings. The Bertz CT molecular complexity index is 626. The zero-order valence-corrected chi connectivity index (χ0v) is 15.8. The van der Waals surface area contributed by atoms with Gasteiger partial charge in [0.25, 0.3) is 0 Å². The van der Waals surface area contributed by atoms with Crippen LogP contribution in [0.3, 0.4) is 0 Å². The molecule has 26 heavy (non-hydrogen) atoms. The van der Waals surface area contributed by atoms with Gasteiger partial charge in [0.05, 0.1) is 17.3 Å². The molecule has 0 saturated carbocycles. The minimum atomic E-state index is -0.266. The predicted molar refractivity (Wildman–Crippen MR) is 99.8 cm³/mol. The summed E-state index contributed by atoms with van der Waals surface area (Å²) in [5, 5.41) is 0. The maximum atomic E-state index is 13.0. The molecule has 3 aliphatic rings. The molecule has 1 aromatic carbocycles. The molecule has 3 saturated heterocycles. The fourth-order valence-corrected chi connectivity index (χ4v) is 5.58. The van der Waals surface area contributed by atoms with Crippen molar-refractivity contribution in [2.45, 2.75) is 36.5 Å². The lowest BCUT2D eigenvalue weighted by molar-refractivity contribution is -0.136. The summed E-state index contributed by atoms with van der Waals surface area (Å²) in [6, 6.07) is 6.20. The highest BCUT2D eigenvalue weighted by Crippen LogP contribution is 2.46. The first kappa shape index (κ1) is 18.3. The predicted octanol–water partition coefficient (Wildman–Crippen LogP) is 2.90. The van der Waals surface area contributed by atoms with Crippen molar-refractivity contribution in [3.8, 4) is 0 Å². The van der Waals surface area contributed by atoms with E-state index in [0.717, 1.165) is 63.5 Å². The van der Waals surface area contributed by atoms with Gasteiger partial charge >= 0.3 is 0 Å². The van der Waals surface area contributed by atoms with Crippen LogP contribution < -0.4 is 0 Å². The number of hydrogen-bond acceptors (Lipinski definition) is 4. The van der Waals surface area contributed by atoms with Crippen LogP contribution in [-0.4, -0.2) is 60.3 Å². The molecular formula is C20H26FNO3S. The SMILES string of the molecule is O=C(Cc1ccc(F)cc1)N1CC2(C[C@H](OCC3CCOCC3)CS2)C1. The summed E-state index contributed by atoms with van der Waals surface area (Å²) in [6.07, 6.45) is 3.93. The van der Waals surface area contributed by atoms with Crippen LogP contribution in [0.4, 0.5) is 4.39 Å². The standard InChI is InChI=1S/C20H26FNO3S/c21-17-3-1-15(2-4-17)9-19(23)22-13-20(14-22)10-18(12-26-20)25-11-16-5-7-24-8-6-16/h1-4,16,18H,5-14H2/t18-/m0/s1. The second kappa shape index (κ2) is 7.87. The third kappa shape index (κ3) is 4.24. The molecule has 0 aromatic heterocycles. The molecule has 0 N–H and O–H groups in total. The normalized spacial score (nSPS) is 25.4. The largest absolute Gasteiger partial charge is 0.381 e. The summed E-state index contributed by atoms with van der Waals surface area (Å²) in [5.41, 5.74) is 0.870. The number of likely N-dealkylation sites (tertiary alicyclic amines) is 1. The molecule has 1 aromatic rings. The monoisotopic (exact) mass is 379 g/mol. The van der Waals surface area contributed by atoms with Gasteiger partial charge in [0.2, 0.25) is 5.91 Å². The van der Waals surface area contributed by atoms with Crippen LogP contribution in [0, 0.1) is 11.7 Å². The van der Waals surface area contributed by atoms with Gasteiger partial charge in [0.15, 0.2) is 0 Å². The minimum absolute atomic E-state index is 0.134. The van der Waals surface area contributed by atoms with Gasteiger partial charge in [-0.1, -0.05) is 12.1 Å². The maximum Gasteiger partial charge on any atom is 0.227 e. The van der Waals surface area contributed by atoms with Crippen molar-refractivity contribution in [3.05, 3.63) is 35.6 Å². The van der Waals surface area contributed by atoms with Gasteiger partial charge in [0.1, 0.15) is 5.82 Å². The summed E-state index contributed by atoms with van der Waals surface area (Å²) in [4.78, 5) is 14.3. The number of rotatable bonds is 5. The Balaban J connectivity index is 1.20. The van der Waals surface area contributed by atoms with Crippen molar-refractivity contribution in [3.63, 3.8) is 0 Å². The fraction of sp³-hybridized carbons (Fsp3) is 0.650. The zero-order valence-electron chi connectivity index (χ0n) is 15.0. The van der Waals surface area contributed by atoms with Crippen molar-refractivity contribution >= 4 is 17.7 Å². The van der Waals surface area contributed by atoms with E-state index in [2.05, 4.69) is 0 Å². The van der Waals surface area contributed by atoms with E-state index in [9.17, 15) is 9.18 Å². The van der Waals surface area contributed by atoms with E-state index in [4.69, 9.17) is 9.47 Å². The summed E-state index contributed by atoms with van der Waals surface area (Å²) < 4.78 is 24.7. The Labute approximate surface area is 158 Å². The highest BCUT2D eigenvalue weighted by Gasteiger charge is 2.50. The molecule has 0 bridgehead atoms. The van der Waals surface area contributed by atoms with Gasteiger partial charge < -0.3 is 14.4 Å². The molecule has 142 valence electrons. The van der Waals surface area contributed by atoms with Crippen molar-refractivity contribution in [1.29, 1.82) is 0 Å². The molecule has 4 nitrogen and oxygen atoms in total. The second-order valence-electron chi connectivity index (χ2n) is 7.76. The first-order valence-corrected chi connectivity index (χ1v) is 10.5. The number of halogens is 1. The van der Waals surface area contributed by atoms with Crippen LogP contribution in [0.2, 0.25) is 0 Å². The Morgan fingerprint density at radius 3 is 2.73 bits per heavy atom. The number of ether oxygens (including phenoxy) is 2. The van der Waals surface area contributed by atoms with E-state index >= 15 is 0 Å². The van der Waals surface area contributed by atoms with Gasteiger partial charge in [-0.15, -0.1) is 11.8 Å². The summed E-state index contributed by atoms with van der Waals surface area (Å²) in [7, 11) is 0. The van der Waals surface area contributed by atoms with Crippen LogP contribution in [0.5, 0.6) is 0 Å². The molecule has 4 rings (SSSR count). The van der Waals surface area contributed by atoms with Crippen LogP contribution in [0.1, 0.15) is 24.8 Å². The molecule has 1 atom stereocenters. The number of benzene rings is 1. The van der Waals surface area contributed by atoms with E-state index in [-0.39, 0.29) is 16.5 Å². The highest BCUT2D eigenvalue weighted by molar-refractivity contribution is 8.01. The number of hydrogen-bond donors (Lipinski definition) is 0. The minimum Gasteiger partial charge on any atom is -0.381 e. The van der Waals surface area contributed by atoms with E-state index in [1.807, 2.05) is 16.7 Å². The lowest BCUT2D eigenvalue weighted by Crippen LogP contribution is -2.61. The van der Waals surface area contributed by atoms with Gasteiger partial charge in [-0.25, -0.2) is 4.39 Å². The Hall–Kier alpha value is -1.11. The van der Waals surface area contributed by atoms with E-state index in [1.54, 1.807) is 12.1 Å². The molecule has 0 radical (unpaired) electrons. The van der Waals surface area contributed by atoms with Crippen molar-refractivity contribution in [2.24, 2.45) is 5.92 Å². The summed E-state index contributed by atoms with van der Waals surface area (Å²) in [5.74, 6) is 1.54. The molecule has 3 heterocycles. The average molecular weight is 379 g/mol. The Kier molecular flexibility index (Phi) is 5.53. The molecular weight excluding hydrogens is 353 g/mol. The van der Waals surface area contributed by atoms with Crippen LogP contribution in [-0.2, 0) is 20.7 Å². The van der Waals surface area contributed by atoms with Gasteiger partial charge in [-0.2, -0.15) is 0 Å². The van der Waals surface area contributed by atoms with Crippen molar-refractivity contribution in [2.75, 3.05) is 38.7 Å². The van der Waals surface area contributed by atoms with Crippen molar-refractivity contribution < 1.29 is 18.7 Å². The molecule has 1 spiro atoms.